The molecule has 0 rings (SSSR count). The van der Waals surface area contributed by atoms with Crippen LogP contribution in [0.25, 0.3) is 0 Å². The molecule has 1 radical (unpaired) electrons. The molecule has 0 nitrogen and oxygen atoms in total. The first-order chi connectivity index (χ1) is 0. The van der Waals surface area contributed by atoms with Crippen molar-refractivity contribution in [2.45, 2.75) is 0 Å². The second-order valence-corrected chi connectivity index (χ2v) is 0. The molecule has 0 aromatic carbocycles. The van der Waals surface area contributed by atoms with Crippen molar-refractivity contribution in [3.63, 3.8) is 0 Å². The summed E-state index contributed by atoms with van der Waals surface area (Å²) in [6, 6.07) is 0. The third-order valence-corrected chi connectivity index (χ3v) is 0. The van der Waals surface area contributed by atoms with Gasteiger partial charge in [0.1, 0.15) is 0 Å². The van der Waals surface area contributed by atoms with E-state index in [-0.39, 0.29) is 98.3 Å². The van der Waals surface area contributed by atoms with Crippen LogP contribution in [0.4, 0.5) is 0 Å². The summed E-state index contributed by atoms with van der Waals surface area (Å²) in [6.07, 6.45) is 0. The molecule has 0 saturated carbocycles. The van der Waals surface area contributed by atoms with E-state index < -0.39 is 0 Å². The number of hydrogen-bond donors (Lipinski definition) is 0. The van der Waals surface area contributed by atoms with Gasteiger partial charge in [0.25, 0.3) is 0 Å². The molecule has 0 bridgehead atoms. The second kappa shape index (κ2) is 16.5. The summed E-state index contributed by atoms with van der Waals surface area (Å²) in [7, 11) is 0. The summed E-state index contributed by atoms with van der Waals surface area (Å²) in [4.78, 5) is 0. The first-order valence-electron chi connectivity index (χ1n) is 0. The SMILES string of the molecule is [AlH3].[H-].[H-].[La].[Mg+2].[Zn]. The summed E-state index contributed by atoms with van der Waals surface area (Å²) in [5.41, 5.74) is 0. The molecule has 0 amide bonds. The van der Waals surface area contributed by atoms with Crippen LogP contribution >= 0.6 is 0 Å². The first-order valence-corrected chi connectivity index (χ1v) is 0. The average Bonchev–Trinajstić information content (AvgIpc) is 0. The standard InChI is InChI=1S/Al.La.Mg.Zn.5H/q;;+2;;;;;2*-1. The molecule has 0 unspecified atom stereocenters. The van der Waals surface area contributed by atoms with Gasteiger partial charge < -0.3 is 2.85 Å². The van der Waals surface area contributed by atoms with Gasteiger partial charge in [0.15, 0.2) is 17.4 Å². The predicted molar refractivity (Wildman–Crippen MR) is 17.9 cm³/mol. The van der Waals surface area contributed by atoms with Crippen LogP contribution in [0.3, 0.4) is 0 Å². The summed E-state index contributed by atoms with van der Waals surface area (Å²) >= 11 is 0. The third-order valence-electron chi connectivity index (χ3n) is 0. The smallest absolute Gasteiger partial charge is 1.00 e. The molecule has 0 fully saturated rings. The molecule has 0 N–H and O–H groups in total. The van der Waals surface area contributed by atoms with Gasteiger partial charge in [-0.1, -0.05) is 0 Å². The molecule has 0 aliphatic rings. The molecule has 0 heterocycles. The maximum Gasteiger partial charge on any atom is 2.00 e. The van der Waals surface area contributed by atoms with E-state index in [0.29, 0.717) is 0 Å². The Labute approximate surface area is 96.5 Å². The minimum absolute atomic E-state index is 0. The molecule has 0 aliphatic heterocycles. The molecule has 4 heavy (non-hydrogen) atoms. The molecule has 0 aliphatic carbocycles. The molecule has 0 aromatic rings. The summed E-state index contributed by atoms with van der Waals surface area (Å²) < 4.78 is 0. The van der Waals surface area contributed by atoms with Crippen molar-refractivity contribution >= 4 is 40.4 Å². The zero-order valence-corrected chi connectivity index (χ0v) is 10.00. The van der Waals surface area contributed by atoms with Gasteiger partial charge in [-0.15, -0.1) is 0 Å². The van der Waals surface area contributed by atoms with Crippen LogP contribution in [0, 0.1) is 35.6 Å². The van der Waals surface area contributed by atoms with E-state index in [0.717, 1.165) is 0 Å². The quantitative estimate of drug-likeness (QED) is 0.473. The van der Waals surface area contributed by atoms with Gasteiger partial charge in [-0.25, -0.2) is 0 Å². The predicted octanol–water partition coefficient (Wildman–Crippen LogP) is -1.34. The Morgan fingerprint density at radius 1 is 1.25 bits per heavy atom. The van der Waals surface area contributed by atoms with E-state index in [1.165, 1.54) is 0 Å². The molecular formula is H5AlLaMgZn. The van der Waals surface area contributed by atoms with Crippen LogP contribution in [0.15, 0.2) is 0 Å². The third kappa shape index (κ3) is 8.93. The molecular weight excluding hydrogens is 256 g/mol. The Morgan fingerprint density at radius 3 is 1.25 bits per heavy atom. The van der Waals surface area contributed by atoms with Crippen LogP contribution in [0.2, 0.25) is 0 Å². The van der Waals surface area contributed by atoms with Gasteiger partial charge >= 0.3 is 23.1 Å². The van der Waals surface area contributed by atoms with Crippen molar-refractivity contribution in [3.8, 4) is 0 Å². The Morgan fingerprint density at radius 2 is 1.25 bits per heavy atom. The topological polar surface area (TPSA) is 0 Å². The van der Waals surface area contributed by atoms with E-state index >= 15 is 0 Å². The van der Waals surface area contributed by atoms with E-state index in [1.54, 1.807) is 0 Å². The number of rotatable bonds is 0. The van der Waals surface area contributed by atoms with Crippen LogP contribution < -0.4 is 0 Å². The van der Waals surface area contributed by atoms with Gasteiger partial charge in [-0.2, -0.15) is 0 Å². The fourth-order valence-corrected chi connectivity index (χ4v) is 0. The van der Waals surface area contributed by atoms with E-state index in [4.69, 9.17) is 0 Å². The van der Waals surface area contributed by atoms with Gasteiger partial charge in [-0.05, 0) is 0 Å². The zero-order chi connectivity index (χ0) is 0. The first kappa shape index (κ1) is 27.4. The van der Waals surface area contributed by atoms with Crippen molar-refractivity contribution in [3.05, 3.63) is 0 Å². The Kier molecular flexibility index (Phi) is 113. The second-order valence-electron chi connectivity index (χ2n) is 0. The van der Waals surface area contributed by atoms with Gasteiger partial charge in [0, 0.05) is 55.1 Å². The molecule has 15 valence electrons. The summed E-state index contributed by atoms with van der Waals surface area (Å²) in [6.45, 7) is 0. The van der Waals surface area contributed by atoms with E-state index in [1.807, 2.05) is 0 Å². The monoisotopic (exact) mass is 259 g/mol. The van der Waals surface area contributed by atoms with Crippen LogP contribution in [0.5, 0.6) is 0 Å². The molecule has 0 saturated heterocycles. The fraction of sp³-hybridized carbons (Fsp3) is 0. The average molecular weight is 261 g/mol. The Bertz CT molecular complexity index is 13.5. The summed E-state index contributed by atoms with van der Waals surface area (Å²) in [5.74, 6) is 0. The van der Waals surface area contributed by atoms with Crippen molar-refractivity contribution < 1.29 is 57.9 Å². The fourth-order valence-electron chi connectivity index (χ4n) is 0. The Balaban J connectivity index is 0. The van der Waals surface area contributed by atoms with Crippen LogP contribution in [-0.2, 0) is 19.5 Å². The zero-order valence-electron chi connectivity index (χ0n) is 3.99. The number of hydrogen-bond acceptors (Lipinski definition) is 0. The van der Waals surface area contributed by atoms with Gasteiger partial charge in [-0.3, -0.25) is 0 Å². The molecule has 0 aromatic heterocycles. The van der Waals surface area contributed by atoms with Crippen molar-refractivity contribution in [1.29, 1.82) is 0 Å². The van der Waals surface area contributed by atoms with Crippen molar-refractivity contribution in [2.75, 3.05) is 0 Å². The van der Waals surface area contributed by atoms with Gasteiger partial charge in [0.2, 0.25) is 0 Å². The largest absolute Gasteiger partial charge is 2.00 e. The maximum atomic E-state index is 0. The van der Waals surface area contributed by atoms with Crippen molar-refractivity contribution in [1.82, 2.24) is 0 Å². The molecule has 0 spiro atoms. The Hall–Kier alpha value is 3.12. The minimum atomic E-state index is 0. The van der Waals surface area contributed by atoms with Gasteiger partial charge in [0.05, 0.1) is 0 Å². The summed E-state index contributed by atoms with van der Waals surface area (Å²) in [5, 5.41) is 0. The molecule has 4 heteroatoms. The van der Waals surface area contributed by atoms with E-state index in [2.05, 4.69) is 0 Å². The van der Waals surface area contributed by atoms with Crippen LogP contribution in [0.1, 0.15) is 2.85 Å². The minimum Gasteiger partial charge on any atom is -1.00 e. The normalized spacial score (nSPS) is 0. The maximum absolute atomic E-state index is 0. The van der Waals surface area contributed by atoms with Crippen molar-refractivity contribution in [2.24, 2.45) is 0 Å². The van der Waals surface area contributed by atoms with Crippen LogP contribution in [-0.4, -0.2) is 40.4 Å². The van der Waals surface area contributed by atoms with E-state index in [9.17, 15) is 0 Å². The molecule has 0 atom stereocenters.